The highest BCUT2D eigenvalue weighted by Gasteiger charge is 2.19. The first-order valence-corrected chi connectivity index (χ1v) is 6.35. The van der Waals surface area contributed by atoms with Gasteiger partial charge >= 0.3 is 0 Å². The maximum atomic E-state index is 8.94. The predicted molar refractivity (Wildman–Crippen MR) is 81.6 cm³/mol. The van der Waals surface area contributed by atoms with Gasteiger partial charge in [0.15, 0.2) is 5.84 Å². The van der Waals surface area contributed by atoms with Gasteiger partial charge in [0.05, 0.1) is 30.8 Å². The second-order valence-corrected chi connectivity index (χ2v) is 4.37. The van der Waals surface area contributed by atoms with Crippen molar-refractivity contribution >= 4 is 17.7 Å². The average Bonchev–Trinajstić information content (AvgIpc) is 2.55. The Hall–Kier alpha value is -3.13. The number of hydrogen-bond donors (Lipinski definition) is 0. The van der Waals surface area contributed by atoms with Crippen LogP contribution in [-0.4, -0.2) is 24.1 Å². The molecule has 2 aliphatic heterocycles. The number of allylic oxidation sites excluding steroid dienone is 2. The van der Waals surface area contributed by atoms with Crippen LogP contribution >= 0.6 is 0 Å². The number of aliphatic imine (C=N–C) groups is 2. The molecule has 0 fully saturated rings. The van der Waals surface area contributed by atoms with Crippen LogP contribution in [-0.2, 0) is 0 Å². The van der Waals surface area contributed by atoms with Crippen LogP contribution in [0.4, 0.5) is 0 Å². The van der Waals surface area contributed by atoms with E-state index in [9.17, 15) is 0 Å². The number of benzene rings is 1. The van der Waals surface area contributed by atoms with Crippen LogP contribution in [0.3, 0.4) is 0 Å². The first-order chi connectivity index (χ1) is 10.3. The van der Waals surface area contributed by atoms with E-state index in [2.05, 4.69) is 16.1 Å². The zero-order valence-corrected chi connectivity index (χ0v) is 11.4. The number of methoxy groups -OCH3 is 1. The number of nitriles is 1. The lowest BCUT2D eigenvalue weighted by Crippen LogP contribution is -2.29. The standard InChI is InChI=1S/C16H12N4O/c1-21-14-4-2-12(3-5-14)15-10-13(6-7-17)20-9-8-18-11-16(20)19-15/h2-6,8-11H,1H3/b13-6+. The summed E-state index contributed by atoms with van der Waals surface area (Å²) < 4.78 is 5.15. The van der Waals surface area contributed by atoms with Gasteiger partial charge in [-0.3, -0.25) is 9.89 Å². The summed E-state index contributed by atoms with van der Waals surface area (Å²) in [5.41, 5.74) is 2.50. The van der Waals surface area contributed by atoms with Crippen LogP contribution in [0.25, 0.3) is 5.70 Å². The van der Waals surface area contributed by atoms with E-state index in [4.69, 9.17) is 10.00 Å². The van der Waals surface area contributed by atoms with Gasteiger partial charge in [0.2, 0.25) is 0 Å². The van der Waals surface area contributed by atoms with Crippen LogP contribution in [0.15, 0.2) is 64.5 Å². The topological polar surface area (TPSA) is 61.0 Å². The molecule has 0 aliphatic carbocycles. The lowest BCUT2D eigenvalue weighted by Gasteiger charge is -2.26. The highest BCUT2D eigenvalue weighted by molar-refractivity contribution is 6.32. The summed E-state index contributed by atoms with van der Waals surface area (Å²) >= 11 is 0. The number of nitrogens with zero attached hydrogens (tertiary/aromatic N) is 4. The predicted octanol–water partition coefficient (Wildman–Crippen LogP) is 2.71. The van der Waals surface area contributed by atoms with E-state index in [-0.39, 0.29) is 0 Å². The van der Waals surface area contributed by atoms with Gasteiger partial charge in [-0.2, -0.15) is 5.26 Å². The Morgan fingerprint density at radius 1 is 1.29 bits per heavy atom. The van der Waals surface area contributed by atoms with Gasteiger partial charge < -0.3 is 4.74 Å². The fraction of sp³-hybridized carbons (Fsp3) is 0.0625. The van der Waals surface area contributed by atoms with Gasteiger partial charge in [0, 0.05) is 24.0 Å². The molecule has 0 N–H and O–H groups in total. The van der Waals surface area contributed by atoms with Crippen LogP contribution < -0.4 is 4.74 Å². The molecule has 0 saturated carbocycles. The molecule has 2 heterocycles. The molecule has 0 radical (unpaired) electrons. The lowest BCUT2D eigenvalue weighted by atomic mass is 10.1. The number of fused-ring (bicyclic) bond motifs is 1. The lowest BCUT2D eigenvalue weighted by molar-refractivity contribution is 0.415. The molecule has 0 saturated heterocycles. The Balaban J connectivity index is 2.03. The monoisotopic (exact) mass is 276 g/mol. The summed E-state index contributed by atoms with van der Waals surface area (Å²) in [7, 11) is 1.63. The molecule has 0 unspecified atom stereocenters. The molecule has 21 heavy (non-hydrogen) atoms. The van der Waals surface area contributed by atoms with E-state index < -0.39 is 0 Å². The summed E-state index contributed by atoms with van der Waals surface area (Å²) in [6.07, 6.45) is 8.47. The molecule has 0 bridgehead atoms. The van der Waals surface area contributed by atoms with E-state index in [1.807, 2.05) is 35.2 Å². The Labute approximate surface area is 122 Å². The third-order valence-electron chi connectivity index (χ3n) is 3.13. The average molecular weight is 276 g/mol. The van der Waals surface area contributed by atoms with Crippen molar-refractivity contribution in [3.63, 3.8) is 0 Å². The molecular weight excluding hydrogens is 264 g/mol. The zero-order chi connectivity index (χ0) is 14.7. The van der Waals surface area contributed by atoms with Crippen molar-refractivity contribution < 1.29 is 4.74 Å². The number of amidine groups is 1. The minimum absolute atomic E-state index is 0.687. The molecule has 2 aliphatic rings. The van der Waals surface area contributed by atoms with Crippen LogP contribution in [0.5, 0.6) is 5.75 Å². The van der Waals surface area contributed by atoms with Crippen molar-refractivity contribution in [2.45, 2.75) is 0 Å². The Bertz CT molecular complexity index is 745. The third kappa shape index (κ3) is 2.47. The molecule has 0 atom stereocenters. The fourth-order valence-electron chi connectivity index (χ4n) is 2.11. The molecule has 3 rings (SSSR count). The molecule has 1 aromatic rings. The molecule has 1 aromatic carbocycles. The van der Waals surface area contributed by atoms with Gasteiger partial charge in [-0.05, 0) is 30.3 Å². The molecule has 0 amide bonds. The highest BCUT2D eigenvalue weighted by Crippen LogP contribution is 2.27. The highest BCUT2D eigenvalue weighted by atomic mass is 16.5. The summed E-state index contributed by atoms with van der Waals surface area (Å²) in [5, 5.41) is 8.94. The van der Waals surface area contributed by atoms with Gasteiger partial charge in [-0.25, -0.2) is 4.99 Å². The van der Waals surface area contributed by atoms with E-state index in [1.165, 1.54) is 6.08 Å². The minimum Gasteiger partial charge on any atom is -0.497 e. The normalized spacial score (nSPS) is 17.9. The first kappa shape index (κ1) is 12.9. The minimum atomic E-state index is 0.687. The Morgan fingerprint density at radius 3 is 2.81 bits per heavy atom. The molecule has 5 heteroatoms. The van der Waals surface area contributed by atoms with Crippen LogP contribution in [0.1, 0.15) is 5.56 Å². The van der Waals surface area contributed by atoms with E-state index in [1.54, 1.807) is 25.7 Å². The van der Waals surface area contributed by atoms with E-state index in [0.717, 1.165) is 22.7 Å². The summed E-state index contributed by atoms with van der Waals surface area (Å²) in [6.45, 7) is 0. The molecule has 0 spiro atoms. The number of ether oxygens (including phenoxy) is 1. The van der Waals surface area contributed by atoms with Gasteiger partial charge in [-0.1, -0.05) is 0 Å². The quantitative estimate of drug-likeness (QED) is 0.780. The van der Waals surface area contributed by atoms with E-state index in [0.29, 0.717) is 5.84 Å². The fourth-order valence-corrected chi connectivity index (χ4v) is 2.11. The number of hydrogen-bond acceptors (Lipinski definition) is 5. The largest absolute Gasteiger partial charge is 0.497 e. The molecule has 102 valence electrons. The van der Waals surface area contributed by atoms with Crippen molar-refractivity contribution in [2.75, 3.05) is 7.11 Å². The first-order valence-electron chi connectivity index (χ1n) is 6.35. The maximum absolute atomic E-state index is 8.94. The van der Waals surface area contributed by atoms with Gasteiger partial charge in [0.1, 0.15) is 5.75 Å². The smallest absolute Gasteiger partial charge is 0.156 e. The zero-order valence-electron chi connectivity index (χ0n) is 11.4. The van der Waals surface area contributed by atoms with Crippen molar-refractivity contribution in [1.29, 1.82) is 5.26 Å². The molecule has 0 aromatic heterocycles. The third-order valence-corrected chi connectivity index (χ3v) is 3.13. The molecular formula is C16H12N4O. The van der Waals surface area contributed by atoms with Crippen molar-refractivity contribution in [1.82, 2.24) is 4.90 Å². The summed E-state index contributed by atoms with van der Waals surface area (Å²) in [5.74, 6) is 1.48. The van der Waals surface area contributed by atoms with Crippen LogP contribution in [0, 0.1) is 11.3 Å². The second-order valence-electron chi connectivity index (χ2n) is 4.37. The maximum Gasteiger partial charge on any atom is 0.156 e. The van der Waals surface area contributed by atoms with Crippen molar-refractivity contribution in [3.8, 4) is 11.8 Å². The van der Waals surface area contributed by atoms with Crippen molar-refractivity contribution in [3.05, 3.63) is 60.1 Å². The molecule has 5 nitrogen and oxygen atoms in total. The second kappa shape index (κ2) is 5.47. The summed E-state index contributed by atoms with van der Waals surface area (Å²) in [6, 6.07) is 9.69. The van der Waals surface area contributed by atoms with E-state index >= 15 is 0 Å². The van der Waals surface area contributed by atoms with Crippen LogP contribution in [0.2, 0.25) is 0 Å². The van der Waals surface area contributed by atoms with Gasteiger partial charge in [0.25, 0.3) is 0 Å². The SMILES string of the molecule is COc1ccc(C2=C/C(=C\C#N)N3C=CN=CC3=N2)cc1. The Morgan fingerprint density at radius 2 is 2.10 bits per heavy atom. The number of rotatable bonds is 2. The summed E-state index contributed by atoms with van der Waals surface area (Å²) in [4.78, 5) is 10.5. The van der Waals surface area contributed by atoms with Crippen molar-refractivity contribution in [2.24, 2.45) is 9.98 Å². The van der Waals surface area contributed by atoms with Gasteiger partial charge in [-0.15, -0.1) is 0 Å². The Kier molecular flexibility index (Phi) is 3.36.